The maximum absolute atomic E-state index is 11.7. The minimum absolute atomic E-state index is 0.0955. The summed E-state index contributed by atoms with van der Waals surface area (Å²) in [4.78, 5) is 11.7. The van der Waals surface area contributed by atoms with Crippen molar-refractivity contribution < 1.29 is 9.21 Å². The zero-order chi connectivity index (χ0) is 12.3. The number of hydrogen-bond donors (Lipinski definition) is 2. The van der Waals surface area contributed by atoms with Crippen molar-refractivity contribution >= 4 is 5.91 Å². The molecule has 2 atom stereocenters. The summed E-state index contributed by atoms with van der Waals surface area (Å²) in [5, 5.41) is 3.03. The average Bonchev–Trinajstić information content (AvgIpc) is 2.85. The maximum Gasteiger partial charge on any atom is 0.220 e. The van der Waals surface area contributed by atoms with E-state index in [-0.39, 0.29) is 18.0 Å². The number of nitrogens with two attached hydrogens (primary N) is 1. The summed E-state index contributed by atoms with van der Waals surface area (Å²) in [5.74, 6) is 1.86. The largest absolute Gasteiger partial charge is 0.466 e. The van der Waals surface area contributed by atoms with Crippen molar-refractivity contribution in [1.82, 2.24) is 5.32 Å². The van der Waals surface area contributed by atoms with Crippen molar-refractivity contribution in [2.45, 2.75) is 51.1 Å². The number of furan rings is 1. The van der Waals surface area contributed by atoms with Crippen molar-refractivity contribution in [1.29, 1.82) is 0 Å². The summed E-state index contributed by atoms with van der Waals surface area (Å²) in [6.07, 6.45) is 4.08. The van der Waals surface area contributed by atoms with Gasteiger partial charge in [-0.2, -0.15) is 0 Å². The third-order valence-corrected chi connectivity index (χ3v) is 3.23. The first kappa shape index (κ1) is 12.2. The summed E-state index contributed by atoms with van der Waals surface area (Å²) in [5.41, 5.74) is 5.80. The van der Waals surface area contributed by atoms with Crippen LogP contribution in [0.4, 0.5) is 0 Å². The van der Waals surface area contributed by atoms with Gasteiger partial charge >= 0.3 is 0 Å². The number of hydrogen-bond acceptors (Lipinski definition) is 3. The molecule has 1 aromatic rings. The Morgan fingerprint density at radius 1 is 1.53 bits per heavy atom. The van der Waals surface area contributed by atoms with Gasteiger partial charge in [0.15, 0.2) is 0 Å². The van der Waals surface area contributed by atoms with Gasteiger partial charge in [0, 0.05) is 24.9 Å². The van der Waals surface area contributed by atoms with Crippen LogP contribution in [0.2, 0.25) is 0 Å². The van der Waals surface area contributed by atoms with Crippen LogP contribution < -0.4 is 11.1 Å². The first-order valence-electron chi connectivity index (χ1n) is 6.24. The Balaban J connectivity index is 1.71. The lowest BCUT2D eigenvalue weighted by molar-refractivity contribution is -0.121. The standard InChI is InChI=1S/C13H20N2O2/c1-9-2-5-12(17-9)6-7-13(16)15-11-4-3-10(14)8-11/h2,5,10-11H,3-4,6-8,14H2,1H3,(H,15,16). The Morgan fingerprint density at radius 2 is 2.35 bits per heavy atom. The van der Waals surface area contributed by atoms with Crippen LogP contribution in [0.1, 0.15) is 37.2 Å². The van der Waals surface area contributed by atoms with Gasteiger partial charge in [-0.05, 0) is 38.3 Å². The highest BCUT2D eigenvalue weighted by Gasteiger charge is 2.22. The first-order valence-corrected chi connectivity index (χ1v) is 6.24. The molecule has 17 heavy (non-hydrogen) atoms. The Morgan fingerprint density at radius 3 is 2.94 bits per heavy atom. The minimum atomic E-state index is 0.0955. The topological polar surface area (TPSA) is 68.3 Å². The molecule has 0 spiro atoms. The van der Waals surface area contributed by atoms with Crippen molar-refractivity contribution in [3.05, 3.63) is 23.7 Å². The molecular weight excluding hydrogens is 216 g/mol. The van der Waals surface area contributed by atoms with Crippen LogP contribution in [0.15, 0.2) is 16.5 Å². The molecule has 0 bridgehead atoms. The molecule has 2 unspecified atom stereocenters. The molecule has 1 aliphatic carbocycles. The van der Waals surface area contributed by atoms with Crippen LogP contribution >= 0.6 is 0 Å². The van der Waals surface area contributed by atoms with Crippen LogP contribution in [0.25, 0.3) is 0 Å². The lowest BCUT2D eigenvalue weighted by atomic mass is 10.2. The molecule has 1 saturated carbocycles. The summed E-state index contributed by atoms with van der Waals surface area (Å²) in [7, 11) is 0. The Hall–Kier alpha value is -1.29. The van der Waals surface area contributed by atoms with Crippen molar-refractivity contribution in [2.75, 3.05) is 0 Å². The highest BCUT2D eigenvalue weighted by molar-refractivity contribution is 5.76. The summed E-state index contributed by atoms with van der Waals surface area (Å²) in [6.45, 7) is 1.91. The average molecular weight is 236 g/mol. The second kappa shape index (κ2) is 5.36. The molecule has 4 heteroatoms. The number of carbonyl (C=O) groups is 1. The molecule has 1 fully saturated rings. The van der Waals surface area contributed by atoms with Gasteiger partial charge in [0.1, 0.15) is 11.5 Å². The van der Waals surface area contributed by atoms with Gasteiger partial charge in [0.05, 0.1) is 0 Å². The normalized spacial score (nSPS) is 23.9. The monoisotopic (exact) mass is 236 g/mol. The van der Waals surface area contributed by atoms with E-state index in [2.05, 4.69) is 5.32 Å². The number of amides is 1. The van der Waals surface area contributed by atoms with E-state index in [4.69, 9.17) is 10.2 Å². The van der Waals surface area contributed by atoms with Crippen LogP contribution in [-0.2, 0) is 11.2 Å². The Kier molecular flexibility index (Phi) is 3.84. The third-order valence-electron chi connectivity index (χ3n) is 3.23. The van der Waals surface area contributed by atoms with E-state index < -0.39 is 0 Å². The SMILES string of the molecule is Cc1ccc(CCC(=O)NC2CCC(N)C2)o1. The summed E-state index contributed by atoms with van der Waals surface area (Å²) >= 11 is 0. The zero-order valence-corrected chi connectivity index (χ0v) is 10.2. The fourth-order valence-corrected chi connectivity index (χ4v) is 2.30. The quantitative estimate of drug-likeness (QED) is 0.832. The molecule has 1 amide bonds. The fourth-order valence-electron chi connectivity index (χ4n) is 2.30. The van der Waals surface area contributed by atoms with Crippen molar-refractivity contribution in [3.63, 3.8) is 0 Å². The van der Waals surface area contributed by atoms with E-state index in [1.165, 1.54) is 0 Å². The fraction of sp³-hybridized carbons (Fsp3) is 0.615. The molecule has 0 aromatic carbocycles. The van der Waals surface area contributed by atoms with E-state index in [0.29, 0.717) is 12.8 Å². The number of aryl methyl sites for hydroxylation is 2. The van der Waals surface area contributed by atoms with Crippen molar-refractivity contribution in [2.24, 2.45) is 5.73 Å². The van der Waals surface area contributed by atoms with Crippen LogP contribution in [0.5, 0.6) is 0 Å². The van der Waals surface area contributed by atoms with E-state index in [1.807, 2.05) is 19.1 Å². The summed E-state index contributed by atoms with van der Waals surface area (Å²) < 4.78 is 5.42. The molecule has 94 valence electrons. The maximum atomic E-state index is 11.7. The second-order valence-corrected chi connectivity index (χ2v) is 4.85. The predicted octanol–water partition coefficient (Wildman–Crippen LogP) is 1.52. The molecule has 0 saturated heterocycles. The highest BCUT2D eigenvalue weighted by atomic mass is 16.3. The van der Waals surface area contributed by atoms with E-state index in [0.717, 1.165) is 30.8 Å². The van der Waals surface area contributed by atoms with Gasteiger partial charge in [0.2, 0.25) is 5.91 Å². The van der Waals surface area contributed by atoms with Gasteiger partial charge in [0.25, 0.3) is 0 Å². The van der Waals surface area contributed by atoms with Crippen molar-refractivity contribution in [3.8, 4) is 0 Å². The van der Waals surface area contributed by atoms with Crippen LogP contribution in [0, 0.1) is 6.92 Å². The van der Waals surface area contributed by atoms with Gasteiger partial charge < -0.3 is 15.5 Å². The number of rotatable bonds is 4. The lowest BCUT2D eigenvalue weighted by Crippen LogP contribution is -2.34. The first-order chi connectivity index (χ1) is 8.13. The molecular formula is C13H20N2O2. The summed E-state index contributed by atoms with van der Waals surface area (Å²) in [6, 6.07) is 4.38. The predicted molar refractivity (Wildman–Crippen MR) is 65.5 cm³/mol. The van der Waals surface area contributed by atoms with Gasteiger partial charge in [-0.15, -0.1) is 0 Å². The molecule has 1 aliphatic rings. The molecule has 0 radical (unpaired) electrons. The lowest BCUT2D eigenvalue weighted by Gasteiger charge is -2.11. The van der Waals surface area contributed by atoms with Crippen LogP contribution in [-0.4, -0.2) is 18.0 Å². The zero-order valence-electron chi connectivity index (χ0n) is 10.2. The van der Waals surface area contributed by atoms with E-state index >= 15 is 0 Å². The molecule has 4 nitrogen and oxygen atoms in total. The molecule has 1 heterocycles. The molecule has 1 aromatic heterocycles. The van der Waals surface area contributed by atoms with Gasteiger partial charge in [-0.1, -0.05) is 0 Å². The molecule has 2 rings (SSSR count). The van der Waals surface area contributed by atoms with Crippen LogP contribution in [0.3, 0.4) is 0 Å². The van der Waals surface area contributed by atoms with E-state index in [1.54, 1.807) is 0 Å². The highest BCUT2D eigenvalue weighted by Crippen LogP contribution is 2.17. The smallest absolute Gasteiger partial charge is 0.220 e. The third kappa shape index (κ3) is 3.60. The Labute approximate surface area is 102 Å². The Bertz CT molecular complexity index is 387. The number of nitrogens with one attached hydrogen (secondary N) is 1. The molecule has 0 aliphatic heterocycles. The van der Waals surface area contributed by atoms with Gasteiger partial charge in [-0.3, -0.25) is 4.79 Å². The minimum Gasteiger partial charge on any atom is -0.466 e. The van der Waals surface area contributed by atoms with E-state index in [9.17, 15) is 4.79 Å². The molecule has 3 N–H and O–H groups in total. The second-order valence-electron chi connectivity index (χ2n) is 4.85. The number of carbonyl (C=O) groups excluding carboxylic acids is 1. The van der Waals surface area contributed by atoms with Gasteiger partial charge in [-0.25, -0.2) is 0 Å².